The highest BCUT2D eigenvalue weighted by Gasteiger charge is 2.14. The van der Waals surface area contributed by atoms with Crippen LogP contribution in [-0.4, -0.2) is 20.2 Å². The van der Waals surface area contributed by atoms with E-state index in [9.17, 15) is 8.42 Å². The molecule has 6 heteroatoms. The molecule has 0 fully saturated rings. The molecule has 0 aromatic carbocycles. The van der Waals surface area contributed by atoms with Crippen LogP contribution in [0.3, 0.4) is 0 Å². The second kappa shape index (κ2) is 4.70. The summed E-state index contributed by atoms with van der Waals surface area (Å²) in [6.45, 7) is 1.68. The summed E-state index contributed by atoms with van der Waals surface area (Å²) in [4.78, 5) is 0. The first-order chi connectivity index (χ1) is 5.55. The summed E-state index contributed by atoms with van der Waals surface area (Å²) >= 11 is 0. The Morgan fingerprint density at radius 2 is 2.08 bits per heavy atom. The second-order valence-corrected chi connectivity index (χ2v) is 3.88. The van der Waals surface area contributed by atoms with Crippen molar-refractivity contribution in [3.05, 3.63) is 0 Å². The highest BCUT2D eigenvalue weighted by atomic mass is 32.2. The molecule has 1 N–H and O–H groups in total. The number of hydrogen-bond acceptors (Lipinski definition) is 4. The monoisotopic (exact) mass is 187 g/mol. The largest absolute Gasteiger partial charge is 0.226 e. The number of nitrogens with zero attached hydrogens (tertiary/aromatic N) is 2. The van der Waals surface area contributed by atoms with Crippen molar-refractivity contribution in [1.82, 2.24) is 4.72 Å². The van der Waals surface area contributed by atoms with Gasteiger partial charge in [0.2, 0.25) is 10.0 Å². The predicted octanol–water partition coefficient (Wildman–Crippen LogP) is -0.268. The van der Waals surface area contributed by atoms with Gasteiger partial charge in [0.1, 0.15) is 6.04 Å². The Morgan fingerprint density at radius 1 is 1.50 bits per heavy atom. The Morgan fingerprint density at radius 3 is 2.42 bits per heavy atom. The molecule has 66 valence electrons. The zero-order valence-corrected chi connectivity index (χ0v) is 7.43. The number of nitriles is 2. The van der Waals surface area contributed by atoms with Gasteiger partial charge in [0.05, 0.1) is 12.1 Å². The lowest BCUT2D eigenvalue weighted by Crippen LogP contribution is -2.34. The number of nitrogens with one attached hydrogen (secondary N) is 1. The average Bonchev–Trinajstić information content (AvgIpc) is 2.00. The van der Waals surface area contributed by atoms with Crippen molar-refractivity contribution in [1.29, 1.82) is 10.5 Å². The molecule has 0 aromatic rings. The summed E-state index contributed by atoms with van der Waals surface area (Å²) in [6.07, 6.45) is 0.390. The highest BCUT2D eigenvalue weighted by Crippen LogP contribution is 1.92. The van der Waals surface area contributed by atoms with Crippen LogP contribution in [-0.2, 0) is 10.0 Å². The van der Waals surface area contributed by atoms with Gasteiger partial charge in [0, 0.05) is 0 Å². The minimum atomic E-state index is -3.59. The van der Waals surface area contributed by atoms with Gasteiger partial charge >= 0.3 is 0 Å². The maximum Gasteiger partial charge on any atom is 0.226 e. The van der Waals surface area contributed by atoms with E-state index in [-0.39, 0.29) is 0 Å². The minimum absolute atomic E-state index is 0.390. The normalized spacial score (nSPS) is 12.9. The standard InChI is InChI=1S/C6H9N3O2S/c1-2-6(5-8)9-12(10,11)4-3-7/h6,9H,2,4H2,1H3. The average molecular weight is 187 g/mol. The molecule has 1 unspecified atom stereocenters. The molecule has 5 nitrogen and oxygen atoms in total. The van der Waals surface area contributed by atoms with Crippen molar-refractivity contribution >= 4 is 10.0 Å². The fraction of sp³-hybridized carbons (Fsp3) is 0.667. The zero-order valence-electron chi connectivity index (χ0n) is 6.61. The van der Waals surface area contributed by atoms with E-state index in [0.717, 1.165) is 0 Å². The molecule has 0 aliphatic rings. The lowest BCUT2D eigenvalue weighted by atomic mass is 10.3. The molecule has 0 saturated heterocycles. The van der Waals surface area contributed by atoms with Gasteiger partial charge < -0.3 is 0 Å². The number of hydrogen-bond donors (Lipinski definition) is 1. The van der Waals surface area contributed by atoms with Gasteiger partial charge in [-0.2, -0.15) is 15.2 Å². The van der Waals surface area contributed by atoms with Gasteiger partial charge in [-0.15, -0.1) is 0 Å². The number of rotatable bonds is 4. The molecule has 0 bridgehead atoms. The molecule has 0 aromatic heterocycles. The molecule has 0 aliphatic heterocycles. The fourth-order valence-corrected chi connectivity index (χ4v) is 1.45. The molecule has 0 amide bonds. The Hall–Kier alpha value is -1.11. The van der Waals surface area contributed by atoms with Crippen LogP contribution >= 0.6 is 0 Å². The molecule has 1 atom stereocenters. The van der Waals surface area contributed by atoms with Crippen LogP contribution in [0.2, 0.25) is 0 Å². The maximum atomic E-state index is 10.9. The second-order valence-electron chi connectivity index (χ2n) is 2.12. The molecule has 0 saturated carbocycles. The van der Waals surface area contributed by atoms with Crippen molar-refractivity contribution in [2.75, 3.05) is 5.75 Å². The van der Waals surface area contributed by atoms with Gasteiger partial charge in [0.15, 0.2) is 5.75 Å². The molecule has 0 radical (unpaired) electrons. The maximum absolute atomic E-state index is 10.9. The first kappa shape index (κ1) is 10.9. The third kappa shape index (κ3) is 3.91. The van der Waals surface area contributed by atoms with Crippen LogP contribution in [0, 0.1) is 22.7 Å². The van der Waals surface area contributed by atoms with E-state index < -0.39 is 21.8 Å². The van der Waals surface area contributed by atoms with Crippen LogP contribution < -0.4 is 4.72 Å². The smallest absolute Gasteiger partial charge is 0.211 e. The van der Waals surface area contributed by atoms with Crippen molar-refractivity contribution in [2.24, 2.45) is 0 Å². The Labute approximate surface area is 71.7 Å². The Kier molecular flexibility index (Phi) is 4.27. The topological polar surface area (TPSA) is 93.8 Å². The predicted molar refractivity (Wildman–Crippen MR) is 42.2 cm³/mol. The lowest BCUT2D eigenvalue weighted by Gasteiger charge is -2.06. The summed E-state index contributed by atoms with van der Waals surface area (Å²) in [5.41, 5.74) is 0. The Bertz CT molecular complexity index is 309. The first-order valence-corrected chi connectivity index (χ1v) is 4.97. The van der Waals surface area contributed by atoms with E-state index in [1.54, 1.807) is 13.0 Å². The fourth-order valence-electron chi connectivity index (χ4n) is 0.544. The third-order valence-electron chi connectivity index (χ3n) is 1.14. The molecule has 0 rings (SSSR count). The van der Waals surface area contributed by atoms with Gasteiger partial charge in [-0.25, -0.2) is 8.42 Å². The van der Waals surface area contributed by atoms with Gasteiger partial charge in [-0.3, -0.25) is 0 Å². The van der Waals surface area contributed by atoms with E-state index in [1.165, 1.54) is 6.07 Å². The number of sulfonamides is 1. The summed E-state index contributed by atoms with van der Waals surface area (Å²) in [5, 5.41) is 16.5. The van der Waals surface area contributed by atoms with E-state index in [1.807, 2.05) is 0 Å². The van der Waals surface area contributed by atoms with Gasteiger partial charge in [-0.05, 0) is 6.42 Å². The Balaban J connectivity index is 4.28. The quantitative estimate of drug-likeness (QED) is 0.655. The van der Waals surface area contributed by atoms with Crippen molar-refractivity contribution < 1.29 is 8.42 Å². The molecular weight excluding hydrogens is 178 g/mol. The summed E-state index contributed by atoms with van der Waals surface area (Å²) in [7, 11) is -3.59. The van der Waals surface area contributed by atoms with E-state index in [2.05, 4.69) is 4.72 Å². The van der Waals surface area contributed by atoms with Crippen LogP contribution in [0.5, 0.6) is 0 Å². The zero-order chi connectivity index (χ0) is 9.61. The van der Waals surface area contributed by atoms with E-state index >= 15 is 0 Å². The van der Waals surface area contributed by atoms with Crippen LogP contribution in [0.4, 0.5) is 0 Å². The molecular formula is C6H9N3O2S. The van der Waals surface area contributed by atoms with Gasteiger partial charge in [0.25, 0.3) is 0 Å². The SMILES string of the molecule is CCC(C#N)NS(=O)(=O)CC#N. The minimum Gasteiger partial charge on any atom is -0.211 e. The third-order valence-corrected chi connectivity index (χ3v) is 2.29. The van der Waals surface area contributed by atoms with E-state index in [0.29, 0.717) is 6.42 Å². The molecule has 0 spiro atoms. The van der Waals surface area contributed by atoms with Crippen LogP contribution in [0.25, 0.3) is 0 Å². The van der Waals surface area contributed by atoms with Crippen LogP contribution in [0.15, 0.2) is 0 Å². The van der Waals surface area contributed by atoms with Crippen molar-refractivity contribution in [2.45, 2.75) is 19.4 Å². The van der Waals surface area contributed by atoms with Crippen molar-refractivity contribution in [3.8, 4) is 12.1 Å². The van der Waals surface area contributed by atoms with Crippen molar-refractivity contribution in [3.63, 3.8) is 0 Å². The highest BCUT2D eigenvalue weighted by molar-refractivity contribution is 7.89. The summed E-state index contributed by atoms with van der Waals surface area (Å²) < 4.78 is 23.8. The molecule has 0 heterocycles. The van der Waals surface area contributed by atoms with Crippen LogP contribution in [0.1, 0.15) is 13.3 Å². The summed E-state index contributed by atoms with van der Waals surface area (Å²) in [6, 6.07) is 2.54. The molecule has 0 aliphatic carbocycles. The van der Waals surface area contributed by atoms with E-state index in [4.69, 9.17) is 10.5 Å². The lowest BCUT2D eigenvalue weighted by molar-refractivity contribution is 0.573. The first-order valence-electron chi connectivity index (χ1n) is 3.32. The molecule has 12 heavy (non-hydrogen) atoms. The summed E-state index contributed by atoms with van der Waals surface area (Å²) in [5.74, 6) is -0.606. The van der Waals surface area contributed by atoms with Gasteiger partial charge in [-0.1, -0.05) is 6.92 Å².